The summed E-state index contributed by atoms with van der Waals surface area (Å²) in [5.74, 6) is 0.345. The SMILES string of the molecule is CC[N+](C)(C)CCc1ccc(O)cc1.[Cl-]. The fourth-order valence-corrected chi connectivity index (χ4v) is 1.25. The lowest BCUT2D eigenvalue weighted by atomic mass is 10.1. The van der Waals surface area contributed by atoms with Crippen molar-refractivity contribution >= 4 is 0 Å². The van der Waals surface area contributed by atoms with Crippen LogP contribution in [-0.4, -0.2) is 36.8 Å². The number of hydrogen-bond acceptors (Lipinski definition) is 1. The minimum Gasteiger partial charge on any atom is -1.00 e. The molecule has 0 spiro atoms. The number of rotatable bonds is 4. The normalized spacial score (nSPS) is 10.9. The first-order chi connectivity index (χ1) is 6.53. The Hall–Kier alpha value is -0.730. The van der Waals surface area contributed by atoms with Gasteiger partial charge in [0.05, 0.1) is 27.2 Å². The summed E-state index contributed by atoms with van der Waals surface area (Å²) in [5.41, 5.74) is 1.29. The van der Waals surface area contributed by atoms with Crippen molar-refractivity contribution in [3.05, 3.63) is 29.8 Å². The summed E-state index contributed by atoms with van der Waals surface area (Å²) in [6.45, 7) is 4.50. The fourth-order valence-electron chi connectivity index (χ4n) is 1.25. The molecule has 0 unspecified atom stereocenters. The van der Waals surface area contributed by atoms with Crippen molar-refractivity contribution in [2.75, 3.05) is 27.2 Å². The number of nitrogens with zero attached hydrogens (tertiary/aromatic N) is 1. The summed E-state index contributed by atoms with van der Waals surface area (Å²) >= 11 is 0. The minimum absolute atomic E-state index is 0. The Kier molecular flexibility index (Phi) is 5.69. The molecular weight excluding hydrogens is 210 g/mol. The van der Waals surface area contributed by atoms with Crippen LogP contribution in [0.2, 0.25) is 0 Å². The Balaban J connectivity index is 0.00000196. The second-order valence-electron chi connectivity index (χ2n) is 4.39. The highest BCUT2D eigenvalue weighted by atomic mass is 35.5. The number of phenols is 1. The number of halogens is 1. The van der Waals surface area contributed by atoms with E-state index in [0.717, 1.165) is 24.0 Å². The Bertz CT molecular complexity index is 282. The minimum atomic E-state index is 0. The summed E-state index contributed by atoms with van der Waals surface area (Å²) in [7, 11) is 4.47. The first kappa shape index (κ1) is 14.3. The molecule has 1 N–H and O–H groups in total. The standard InChI is InChI=1S/C12H19NO.ClH/c1-4-13(2,3)10-9-11-5-7-12(14)8-6-11;/h5-8H,4,9-10H2,1-3H3;1H. The van der Waals surface area contributed by atoms with Crippen molar-refractivity contribution in [2.45, 2.75) is 13.3 Å². The molecule has 1 rings (SSSR count). The van der Waals surface area contributed by atoms with Crippen molar-refractivity contribution in [3.63, 3.8) is 0 Å². The van der Waals surface area contributed by atoms with Crippen molar-refractivity contribution in [3.8, 4) is 5.75 Å². The Labute approximate surface area is 98.5 Å². The molecule has 0 saturated heterocycles. The first-order valence-corrected chi connectivity index (χ1v) is 5.13. The van der Waals surface area contributed by atoms with Gasteiger partial charge >= 0.3 is 0 Å². The van der Waals surface area contributed by atoms with E-state index in [1.54, 1.807) is 12.1 Å². The first-order valence-electron chi connectivity index (χ1n) is 5.13. The van der Waals surface area contributed by atoms with Crippen LogP contribution in [0, 0.1) is 0 Å². The fraction of sp³-hybridized carbons (Fsp3) is 0.500. The zero-order chi connectivity index (χ0) is 10.6. The second-order valence-corrected chi connectivity index (χ2v) is 4.39. The highest BCUT2D eigenvalue weighted by Gasteiger charge is 2.10. The Morgan fingerprint density at radius 2 is 1.67 bits per heavy atom. The molecule has 86 valence electrons. The highest BCUT2D eigenvalue weighted by Crippen LogP contribution is 2.11. The molecule has 0 aliphatic rings. The van der Waals surface area contributed by atoms with Gasteiger partial charge in [0.25, 0.3) is 0 Å². The van der Waals surface area contributed by atoms with E-state index in [4.69, 9.17) is 5.11 Å². The molecule has 0 amide bonds. The van der Waals surface area contributed by atoms with Gasteiger partial charge in [0.1, 0.15) is 5.75 Å². The van der Waals surface area contributed by atoms with Crippen molar-refractivity contribution in [1.29, 1.82) is 0 Å². The van der Waals surface area contributed by atoms with Crippen LogP contribution >= 0.6 is 0 Å². The Morgan fingerprint density at radius 3 is 2.13 bits per heavy atom. The number of likely N-dealkylation sites (N-methyl/N-ethyl adjacent to an activating group) is 1. The van der Waals surface area contributed by atoms with Gasteiger partial charge in [-0.2, -0.15) is 0 Å². The van der Waals surface area contributed by atoms with Crippen LogP contribution in [0.4, 0.5) is 0 Å². The summed E-state index contributed by atoms with van der Waals surface area (Å²) in [5, 5.41) is 9.13. The maximum Gasteiger partial charge on any atom is 0.115 e. The van der Waals surface area contributed by atoms with E-state index in [-0.39, 0.29) is 12.4 Å². The van der Waals surface area contributed by atoms with Gasteiger partial charge in [-0.1, -0.05) is 12.1 Å². The molecule has 0 atom stereocenters. The third-order valence-corrected chi connectivity index (χ3v) is 2.80. The van der Waals surface area contributed by atoms with Gasteiger partial charge in [-0.05, 0) is 24.6 Å². The van der Waals surface area contributed by atoms with Crippen LogP contribution in [0.25, 0.3) is 0 Å². The van der Waals surface area contributed by atoms with Gasteiger partial charge in [0.2, 0.25) is 0 Å². The molecule has 3 heteroatoms. The lowest BCUT2D eigenvalue weighted by molar-refractivity contribution is -0.888. The molecule has 2 nitrogen and oxygen atoms in total. The molecule has 0 aromatic heterocycles. The molecule has 0 heterocycles. The van der Waals surface area contributed by atoms with Gasteiger partial charge in [-0.25, -0.2) is 0 Å². The average Bonchev–Trinajstić information content (AvgIpc) is 2.17. The van der Waals surface area contributed by atoms with Crippen molar-refractivity contribution < 1.29 is 22.0 Å². The predicted molar refractivity (Wildman–Crippen MR) is 59.3 cm³/mol. The zero-order valence-electron chi connectivity index (χ0n) is 9.70. The lowest BCUT2D eigenvalue weighted by Crippen LogP contribution is -3.00. The summed E-state index contributed by atoms with van der Waals surface area (Å²) < 4.78 is 1.04. The van der Waals surface area contributed by atoms with E-state index in [1.165, 1.54) is 5.56 Å². The van der Waals surface area contributed by atoms with Gasteiger partial charge in [-0.3, -0.25) is 0 Å². The Morgan fingerprint density at radius 1 is 1.13 bits per heavy atom. The van der Waals surface area contributed by atoms with Crippen LogP contribution in [0.1, 0.15) is 12.5 Å². The number of hydrogen-bond donors (Lipinski definition) is 1. The topological polar surface area (TPSA) is 20.2 Å². The monoisotopic (exact) mass is 229 g/mol. The quantitative estimate of drug-likeness (QED) is 0.660. The highest BCUT2D eigenvalue weighted by molar-refractivity contribution is 5.25. The predicted octanol–water partition coefficient (Wildman–Crippen LogP) is -0.965. The molecule has 1 aromatic rings. The second kappa shape index (κ2) is 5.99. The van der Waals surface area contributed by atoms with Crippen LogP contribution in [0.5, 0.6) is 5.75 Å². The maximum absolute atomic E-state index is 9.13. The third-order valence-electron chi connectivity index (χ3n) is 2.80. The third kappa shape index (κ3) is 5.05. The molecular formula is C12H20ClNO. The van der Waals surface area contributed by atoms with Crippen molar-refractivity contribution in [1.82, 2.24) is 0 Å². The van der Waals surface area contributed by atoms with Crippen molar-refractivity contribution in [2.24, 2.45) is 0 Å². The number of aromatic hydroxyl groups is 1. The zero-order valence-corrected chi connectivity index (χ0v) is 10.5. The van der Waals surface area contributed by atoms with Gasteiger partial charge < -0.3 is 22.0 Å². The van der Waals surface area contributed by atoms with Crippen LogP contribution in [0.15, 0.2) is 24.3 Å². The van der Waals surface area contributed by atoms with Gasteiger partial charge in [0.15, 0.2) is 0 Å². The average molecular weight is 230 g/mol. The summed E-state index contributed by atoms with van der Waals surface area (Å²) in [4.78, 5) is 0. The molecule has 0 radical (unpaired) electrons. The van der Waals surface area contributed by atoms with E-state index in [0.29, 0.717) is 5.75 Å². The van der Waals surface area contributed by atoms with Gasteiger partial charge in [-0.15, -0.1) is 0 Å². The van der Waals surface area contributed by atoms with E-state index < -0.39 is 0 Å². The van der Waals surface area contributed by atoms with E-state index >= 15 is 0 Å². The molecule has 0 aliphatic carbocycles. The number of phenolic OH excluding ortho intramolecular Hbond substituents is 1. The molecule has 15 heavy (non-hydrogen) atoms. The van der Waals surface area contributed by atoms with E-state index in [2.05, 4.69) is 21.0 Å². The number of benzene rings is 1. The summed E-state index contributed by atoms with van der Waals surface area (Å²) in [6, 6.07) is 7.48. The molecule has 0 saturated carbocycles. The molecule has 0 bridgehead atoms. The van der Waals surface area contributed by atoms with Crippen LogP contribution in [0.3, 0.4) is 0 Å². The molecule has 0 fully saturated rings. The van der Waals surface area contributed by atoms with Crippen LogP contribution < -0.4 is 12.4 Å². The lowest BCUT2D eigenvalue weighted by Gasteiger charge is -2.28. The smallest absolute Gasteiger partial charge is 0.115 e. The van der Waals surface area contributed by atoms with E-state index in [1.807, 2.05) is 12.1 Å². The number of quaternary nitrogens is 1. The van der Waals surface area contributed by atoms with Crippen LogP contribution in [-0.2, 0) is 6.42 Å². The van der Waals surface area contributed by atoms with Gasteiger partial charge in [0, 0.05) is 6.42 Å². The summed E-state index contributed by atoms with van der Waals surface area (Å²) in [6.07, 6.45) is 1.07. The van der Waals surface area contributed by atoms with E-state index in [9.17, 15) is 0 Å². The molecule has 1 aromatic carbocycles. The largest absolute Gasteiger partial charge is 1.00 e. The maximum atomic E-state index is 9.13. The molecule has 0 aliphatic heterocycles.